The monoisotopic (exact) mass is 608 g/mol. The van der Waals surface area contributed by atoms with E-state index in [1.165, 1.54) is 10.9 Å². The molecule has 5 aromatic carbocycles. The molecule has 0 unspecified atom stereocenters. The van der Waals surface area contributed by atoms with Crippen LogP contribution in [0.25, 0.3) is 55.1 Å². The highest BCUT2D eigenvalue weighted by Crippen LogP contribution is 2.40. The number of aromatic nitrogens is 3. The Labute approximate surface area is 275 Å². The van der Waals surface area contributed by atoms with Gasteiger partial charge in [0.1, 0.15) is 0 Å². The van der Waals surface area contributed by atoms with Crippen molar-refractivity contribution in [3.8, 4) is 11.4 Å². The van der Waals surface area contributed by atoms with Crippen molar-refractivity contribution in [3.63, 3.8) is 0 Å². The Morgan fingerprint density at radius 1 is 0.574 bits per heavy atom. The van der Waals surface area contributed by atoms with Crippen molar-refractivity contribution >= 4 is 55.1 Å². The van der Waals surface area contributed by atoms with Crippen LogP contribution in [0.1, 0.15) is 6.92 Å². The van der Waals surface area contributed by atoms with Crippen LogP contribution in [-0.2, 0) is 0 Å². The number of benzene rings is 5. The maximum Gasteiger partial charge on any atom is 0.0985 e. The van der Waals surface area contributed by atoms with Gasteiger partial charge in [-0.2, -0.15) is 0 Å². The number of para-hydroxylation sites is 4. The SMILES string of the molecule is C=C/C=C\C=C/C.CN(c1ccccc1)c1cccc(-n2c3ccccc3c3ncc4c5ccccc5n(-c5ccccc5)c4c32)c1. The molecule has 47 heavy (non-hydrogen) atoms. The minimum Gasteiger partial charge on any atom is -0.345 e. The third-order valence-electron chi connectivity index (χ3n) is 8.49. The van der Waals surface area contributed by atoms with E-state index in [9.17, 15) is 0 Å². The van der Waals surface area contributed by atoms with Crippen LogP contribution in [0.5, 0.6) is 0 Å². The van der Waals surface area contributed by atoms with Crippen molar-refractivity contribution in [2.45, 2.75) is 6.92 Å². The fraction of sp³-hybridized carbons (Fsp3) is 0.0465. The maximum atomic E-state index is 5.10. The van der Waals surface area contributed by atoms with E-state index in [0.717, 1.165) is 55.6 Å². The smallest absolute Gasteiger partial charge is 0.0985 e. The Hall–Kier alpha value is -6.13. The molecule has 0 aliphatic rings. The molecule has 0 saturated heterocycles. The standard InChI is InChI=1S/C36H26N4.C7H10/c1-38(25-13-4-2-5-14-25)27-17-12-18-28(23-27)40-33-22-11-9-20-30(33)34-36(40)35-31(24-37-34)29-19-8-10-21-32(29)39(35)26-15-6-3-7-16-26;1-3-5-7-6-4-2/h2-24H,1H3;3-7H,1H2,2H3/b;6-4-,7-5-. The normalized spacial score (nSPS) is 11.5. The van der Waals surface area contributed by atoms with Crippen molar-refractivity contribution in [2.75, 3.05) is 11.9 Å². The lowest BCUT2D eigenvalue weighted by molar-refractivity contribution is 1.14. The second-order valence-electron chi connectivity index (χ2n) is 11.3. The summed E-state index contributed by atoms with van der Waals surface area (Å²) in [7, 11) is 2.12. The summed E-state index contributed by atoms with van der Waals surface area (Å²) in [4.78, 5) is 7.33. The molecule has 4 heteroatoms. The van der Waals surface area contributed by atoms with Gasteiger partial charge >= 0.3 is 0 Å². The molecule has 0 saturated carbocycles. The van der Waals surface area contributed by atoms with Crippen LogP contribution in [0.4, 0.5) is 11.4 Å². The zero-order valence-corrected chi connectivity index (χ0v) is 26.7. The third kappa shape index (κ3) is 5.40. The number of nitrogens with zero attached hydrogens (tertiary/aromatic N) is 4. The molecule has 0 N–H and O–H groups in total. The van der Waals surface area contributed by atoms with E-state index in [4.69, 9.17) is 4.98 Å². The fourth-order valence-electron chi connectivity index (χ4n) is 6.34. The number of fused-ring (bicyclic) bond motifs is 7. The summed E-state index contributed by atoms with van der Waals surface area (Å²) in [5.41, 5.74) is 10.1. The molecule has 0 radical (unpaired) electrons. The van der Waals surface area contributed by atoms with Crippen molar-refractivity contribution in [1.29, 1.82) is 0 Å². The van der Waals surface area contributed by atoms with Gasteiger partial charge in [0.2, 0.25) is 0 Å². The number of allylic oxidation sites excluding steroid dienone is 5. The summed E-state index contributed by atoms with van der Waals surface area (Å²) in [5.74, 6) is 0. The zero-order valence-electron chi connectivity index (χ0n) is 26.7. The number of hydrogen-bond donors (Lipinski definition) is 0. The minimum absolute atomic E-state index is 1.00. The van der Waals surface area contributed by atoms with Gasteiger partial charge in [-0.05, 0) is 61.5 Å². The average Bonchev–Trinajstić information content (AvgIpc) is 3.66. The maximum absolute atomic E-state index is 5.10. The summed E-state index contributed by atoms with van der Waals surface area (Å²) in [6.07, 6.45) is 11.6. The number of rotatable bonds is 6. The molecule has 0 aliphatic carbocycles. The van der Waals surface area contributed by atoms with Gasteiger partial charge in [-0.25, -0.2) is 0 Å². The van der Waals surface area contributed by atoms with Crippen LogP contribution in [-0.4, -0.2) is 21.2 Å². The molecule has 0 aliphatic heterocycles. The van der Waals surface area contributed by atoms with Gasteiger partial charge < -0.3 is 14.0 Å². The highest BCUT2D eigenvalue weighted by molar-refractivity contribution is 6.22. The van der Waals surface area contributed by atoms with E-state index in [1.54, 1.807) is 6.08 Å². The van der Waals surface area contributed by atoms with Crippen LogP contribution >= 0.6 is 0 Å². The highest BCUT2D eigenvalue weighted by Gasteiger charge is 2.22. The van der Waals surface area contributed by atoms with Crippen molar-refractivity contribution in [3.05, 3.63) is 177 Å². The Morgan fingerprint density at radius 3 is 1.89 bits per heavy atom. The predicted molar refractivity (Wildman–Crippen MR) is 202 cm³/mol. The Balaban J connectivity index is 0.000000455. The van der Waals surface area contributed by atoms with Gasteiger partial charge in [0.15, 0.2) is 0 Å². The molecule has 0 bridgehead atoms. The molecule has 4 nitrogen and oxygen atoms in total. The summed E-state index contributed by atoms with van der Waals surface area (Å²) >= 11 is 0. The quantitative estimate of drug-likeness (QED) is 0.176. The molecule has 8 rings (SSSR count). The second kappa shape index (κ2) is 13.1. The molecule has 3 heterocycles. The summed E-state index contributed by atoms with van der Waals surface area (Å²) in [5, 5.41) is 3.49. The molecule has 0 amide bonds. The molecule has 0 spiro atoms. The second-order valence-corrected chi connectivity index (χ2v) is 11.3. The van der Waals surface area contributed by atoms with Gasteiger partial charge in [-0.3, -0.25) is 4.98 Å². The zero-order chi connectivity index (χ0) is 32.2. The first-order valence-corrected chi connectivity index (χ1v) is 15.9. The van der Waals surface area contributed by atoms with Crippen LogP contribution in [0.15, 0.2) is 177 Å². The van der Waals surface area contributed by atoms with Crippen LogP contribution in [0.3, 0.4) is 0 Å². The molecule has 0 fully saturated rings. The topological polar surface area (TPSA) is 26.0 Å². The molecular weight excluding hydrogens is 573 g/mol. The molecule has 3 aromatic heterocycles. The summed E-state index contributed by atoms with van der Waals surface area (Å²) in [6.45, 7) is 5.49. The van der Waals surface area contributed by atoms with Gasteiger partial charge in [0.25, 0.3) is 0 Å². The largest absolute Gasteiger partial charge is 0.345 e. The Kier molecular flexibility index (Phi) is 8.23. The van der Waals surface area contributed by atoms with Crippen LogP contribution in [0.2, 0.25) is 0 Å². The van der Waals surface area contributed by atoms with E-state index >= 15 is 0 Å². The average molecular weight is 609 g/mol. The van der Waals surface area contributed by atoms with E-state index < -0.39 is 0 Å². The van der Waals surface area contributed by atoms with Crippen LogP contribution < -0.4 is 4.90 Å². The van der Waals surface area contributed by atoms with Crippen molar-refractivity contribution < 1.29 is 0 Å². The van der Waals surface area contributed by atoms with Gasteiger partial charge in [-0.15, -0.1) is 0 Å². The Bertz CT molecular complexity index is 2390. The van der Waals surface area contributed by atoms with Crippen molar-refractivity contribution in [1.82, 2.24) is 14.1 Å². The van der Waals surface area contributed by atoms with Gasteiger partial charge in [-0.1, -0.05) is 116 Å². The predicted octanol–water partition coefficient (Wildman–Crippen LogP) is 11.3. The first kappa shape index (κ1) is 29.6. The number of pyridine rings is 1. The minimum atomic E-state index is 1.00. The van der Waals surface area contributed by atoms with E-state index in [1.807, 2.05) is 31.2 Å². The van der Waals surface area contributed by atoms with Crippen molar-refractivity contribution in [2.24, 2.45) is 0 Å². The highest BCUT2D eigenvalue weighted by atomic mass is 15.1. The fourth-order valence-corrected chi connectivity index (χ4v) is 6.34. The van der Waals surface area contributed by atoms with E-state index in [0.29, 0.717) is 0 Å². The first-order chi connectivity index (χ1) is 23.2. The first-order valence-electron chi connectivity index (χ1n) is 15.9. The lowest BCUT2D eigenvalue weighted by Gasteiger charge is -2.21. The van der Waals surface area contributed by atoms with E-state index in [2.05, 4.69) is 167 Å². The molecular formula is C43H36N4. The van der Waals surface area contributed by atoms with Gasteiger partial charge in [0, 0.05) is 52.2 Å². The summed E-state index contributed by atoms with van der Waals surface area (Å²) < 4.78 is 4.78. The lowest BCUT2D eigenvalue weighted by Crippen LogP contribution is -2.09. The van der Waals surface area contributed by atoms with E-state index in [-0.39, 0.29) is 0 Å². The molecule has 0 atom stereocenters. The van der Waals surface area contributed by atoms with Gasteiger partial charge in [0.05, 0.1) is 27.6 Å². The Morgan fingerprint density at radius 2 is 1.17 bits per heavy atom. The number of hydrogen-bond acceptors (Lipinski definition) is 2. The third-order valence-corrected chi connectivity index (χ3v) is 8.49. The summed E-state index contributed by atoms with van der Waals surface area (Å²) in [6, 6.07) is 47.1. The number of anilines is 2. The lowest BCUT2D eigenvalue weighted by atomic mass is 10.2. The molecule has 228 valence electrons. The molecule has 8 aromatic rings. The van der Waals surface area contributed by atoms with Crippen LogP contribution in [0, 0.1) is 0 Å².